The molecule has 0 unspecified atom stereocenters. The molecule has 0 amide bonds. The van der Waals surface area contributed by atoms with Crippen LogP contribution in [0, 0.1) is 5.95 Å². The van der Waals surface area contributed by atoms with E-state index in [1.165, 1.54) is 6.20 Å². The lowest BCUT2D eigenvalue weighted by molar-refractivity contribution is 0.282. The summed E-state index contributed by atoms with van der Waals surface area (Å²) in [6, 6.07) is 3.17. The zero-order chi connectivity index (χ0) is 11.7. The minimum absolute atomic E-state index is 0.142. The Morgan fingerprint density at radius 2 is 2.41 bits per heavy atom. The van der Waals surface area contributed by atoms with E-state index in [9.17, 15) is 4.39 Å². The Kier molecular flexibility index (Phi) is 2.49. The summed E-state index contributed by atoms with van der Waals surface area (Å²) in [7, 11) is 0. The highest BCUT2D eigenvalue weighted by atomic mass is 32.1. The van der Waals surface area contributed by atoms with Gasteiger partial charge in [0.2, 0.25) is 0 Å². The quantitative estimate of drug-likeness (QED) is 0.669. The highest BCUT2D eigenvalue weighted by Gasteiger charge is 2.06. The molecular weight excluding hydrogens is 241 g/mol. The van der Waals surface area contributed by atoms with Crippen LogP contribution in [0.4, 0.5) is 4.39 Å². The van der Waals surface area contributed by atoms with Gasteiger partial charge in [0.15, 0.2) is 10.7 Å². The van der Waals surface area contributed by atoms with Crippen LogP contribution in [0.2, 0.25) is 0 Å². The Morgan fingerprint density at radius 3 is 3.24 bits per heavy atom. The van der Waals surface area contributed by atoms with Crippen LogP contribution < -0.4 is 4.74 Å². The molecule has 0 aromatic carbocycles. The molecule has 0 aliphatic carbocycles. The normalized spacial score (nSPS) is 10.9. The van der Waals surface area contributed by atoms with E-state index in [0.717, 1.165) is 10.7 Å². The molecule has 0 N–H and O–H groups in total. The Labute approximate surface area is 100 Å². The largest absolute Gasteiger partial charge is 0.482 e. The minimum atomic E-state index is -0.603. The molecule has 4 nitrogen and oxygen atoms in total. The molecule has 3 heterocycles. The number of halogens is 1. The van der Waals surface area contributed by atoms with E-state index >= 15 is 0 Å². The summed E-state index contributed by atoms with van der Waals surface area (Å²) >= 11 is 1.54. The van der Waals surface area contributed by atoms with Crippen molar-refractivity contribution < 1.29 is 9.13 Å². The van der Waals surface area contributed by atoms with Gasteiger partial charge in [0, 0.05) is 24.0 Å². The standard InChI is InChI=1S/C11H8FN3OS/c12-10-9(2-1-3-13-10)16-7-8-6-15-4-5-17-11(15)14-8/h1-6H,7H2. The van der Waals surface area contributed by atoms with E-state index in [1.807, 2.05) is 22.2 Å². The smallest absolute Gasteiger partial charge is 0.255 e. The molecule has 0 aliphatic heterocycles. The molecule has 0 bridgehead atoms. The number of hydrogen-bond acceptors (Lipinski definition) is 4. The fourth-order valence-electron chi connectivity index (χ4n) is 1.48. The molecule has 3 aromatic rings. The first kappa shape index (κ1) is 10.2. The maximum absolute atomic E-state index is 13.2. The zero-order valence-electron chi connectivity index (χ0n) is 8.71. The van der Waals surface area contributed by atoms with Gasteiger partial charge in [-0.15, -0.1) is 11.3 Å². The molecule has 3 aromatic heterocycles. The van der Waals surface area contributed by atoms with Crippen molar-refractivity contribution in [3.63, 3.8) is 0 Å². The molecule has 0 atom stereocenters. The Morgan fingerprint density at radius 1 is 1.47 bits per heavy atom. The van der Waals surface area contributed by atoms with Crippen LogP contribution in [0.3, 0.4) is 0 Å². The van der Waals surface area contributed by atoms with Crippen molar-refractivity contribution in [2.75, 3.05) is 0 Å². The lowest BCUT2D eigenvalue weighted by Crippen LogP contribution is -1.98. The molecule has 0 spiro atoms. The van der Waals surface area contributed by atoms with E-state index in [-0.39, 0.29) is 12.4 Å². The molecule has 0 aliphatic rings. The van der Waals surface area contributed by atoms with Crippen LogP contribution in [0.1, 0.15) is 5.69 Å². The first-order chi connectivity index (χ1) is 8.33. The lowest BCUT2D eigenvalue weighted by atomic mass is 10.4. The van der Waals surface area contributed by atoms with Crippen LogP contribution in [0.15, 0.2) is 36.1 Å². The first-order valence-corrected chi connectivity index (χ1v) is 5.85. The summed E-state index contributed by atoms with van der Waals surface area (Å²) in [4.78, 5) is 8.74. The second-order valence-corrected chi connectivity index (χ2v) is 4.28. The van der Waals surface area contributed by atoms with Gasteiger partial charge in [0.25, 0.3) is 5.95 Å². The summed E-state index contributed by atoms with van der Waals surface area (Å²) in [6.45, 7) is 0.233. The maximum atomic E-state index is 13.2. The Bertz CT molecular complexity index is 620. The number of pyridine rings is 1. The van der Waals surface area contributed by atoms with Crippen molar-refractivity contribution in [2.45, 2.75) is 6.61 Å². The van der Waals surface area contributed by atoms with Gasteiger partial charge in [-0.2, -0.15) is 4.39 Å². The monoisotopic (exact) mass is 249 g/mol. The van der Waals surface area contributed by atoms with Gasteiger partial charge < -0.3 is 4.74 Å². The molecule has 0 fully saturated rings. The summed E-state index contributed by atoms with van der Waals surface area (Å²) in [6.07, 6.45) is 5.16. The first-order valence-electron chi connectivity index (χ1n) is 4.97. The number of rotatable bonds is 3. The maximum Gasteiger partial charge on any atom is 0.255 e. The fraction of sp³-hybridized carbons (Fsp3) is 0.0909. The summed E-state index contributed by atoms with van der Waals surface area (Å²) in [5.41, 5.74) is 0.764. The van der Waals surface area contributed by atoms with E-state index in [1.54, 1.807) is 23.5 Å². The molecule has 0 radical (unpaired) electrons. The van der Waals surface area contributed by atoms with Crippen molar-refractivity contribution >= 4 is 16.3 Å². The zero-order valence-corrected chi connectivity index (χ0v) is 9.52. The molecule has 86 valence electrons. The van der Waals surface area contributed by atoms with E-state index < -0.39 is 5.95 Å². The van der Waals surface area contributed by atoms with Crippen LogP contribution >= 0.6 is 11.3 Å². The van der Waals surface area contributed by atoms with Crippen molar-refractivity contribution in [1.82, 2.24) is 14.4 Å². The third-order valence-corrected chi connectivity index (χ3v) is 3.01. The van der Waals surface area contributed by atoms with Crippen LogP contribution in [-0.2, 0) is 6.61 Å². The molecule has 6 heteroatoms. The Balaban J connectivity index is 1.76. The predicted octanol–water partition coefficient (Wildman–Crippen LogP) is 2.51. The fourth-order valence-corrected chi connectivity index (χ4v) is 2.20. The second kappa shape index (κ2) is 4.14. The average molecular weight is 249 g/mol. The Hall–Kier alpha value is -1.95. The highest BCUT2D eigenvalue weighted by molar-refractivity contribution is 7.15. The van der Waals surface area contributed by atoms with E-state index in [0.29, 0.717) is 0 Å². The predicted molar refractivity (Wildman–Crippen MR) is 61.6 cm³/mol. The van der Waals surface area contributed by atoms with Crippen LogP contribution in [0.5, 0.6) is 5.75 Å². The molecule has 17 heavy (non-hydrogen) atoms. The van der Waals surface area contributed by atoms with Crippen LogP contribution in [-0.4, -0.2) is 14.4 Å². The van der Waals surface area contributed by atoms with E-state index in [2.05, 4.69) is 9.97 Å². The number of nitrogens with zero attached hydrogens (tertiary/aromatic N) is 3. The van der Waals surface area contributed by atoms with Gasteiger partial charge in [-0.1, -0.05) is 0 Å². The average Bonchev–Trinajstić information content (AvgIpc) is 2.88. The van der Waals surface area contributed by atoms with Gasteiger partial charge >= 0.3 is 0 Å². The summed E-state index contributed by atoms with van der Waals surface area (Å²) in [5.74, 6) is -0.461. The topological polar surface area (TPSA) is 39.4 Å². The van der Waals surface area contributed by atoms with Crippen LogP contribution in [0.25, 0.3) is 4.96 Å². The summed E-state index contributed by atoms with van der Waals surface area (Å²) in [5, 5.41) is 1.95. The van der Waals surface area contributed by atoms with Gasteiger partial charge in [-0.3, -0.25) is 4.40 Å². The molecular formula is C11H8FN3OS. The van der Waals surface area contributed by atoms with Gasteiger partial charge in [-0.05, 0) is 12.1 Å². The van der Waals surface area contributed by atoms with E-state index in [4.69, 9.17) is 4.74 Å². The lowest BCUT2D eigenvalue weighted by Gasteiger charge is -2.03. The van der Waals surface area contributed by atoms with Crippen molar-refractivity contribution in [3.05, 3.63) is 47.7 Å². The minimum Gasteiger partial charge on any atom is -0.482 e. The highest BCUT2D eigenvalue weighted by Crippen LogP contribution is 2.16. The number of fused-ring (bicyclic) bond motifs is 1. The third-order valence-electron chi connectivity index (χ3n) is 2.24. The van der Waals surface area contributed by atoms with Crippen molar-refractivity contribution in [2.24, 2.45) is 0 Å². The number of imidazole rings is 1. The summed E-state index contributed by atoms with van der Waals surface area (Å²) < 4.78 is 20.4. The SMILES string of the molecule is Fc1ncccc1OCc1cn2ccsc2n1. The number of hydrogen-bond donors (Lipinski definition) is 0. The van der Waals surface area contributed by atoms with Gasteiger partial charge in [-0.25, -0.2) is 9.97 Å². The molecule has 0 saturated heterocycles. The van der Waals surface area contributed by atoms with Crippen molar-refractivity contribution in [1.29, 1.82) is 0 Å². The third kappa shape index (κ3) is 1.99. The number of ether oxygens (including phenoxy) is 1. The number of thiazole rings is 1. The second-order valence-electron chi connectivity index (χ2n) is 3.41. The van der Waals surface area contributed by atoms with Crippen molar-refractivity contribution in [3.8, 4) is 5.75 Å². The van der Waals surface area contributed by atoms with Gasteiger partial charge in [0.05, 0.1) is 5.69 Å². The number of aromatic nitrogens is 3. The molecule has 0 saturated carbocycles. The molecule has 3 rings (SSSR count). The van der Waals surface area contributed by atoms with Gasteiger partial charge in [0.1, 0.15) is 6.61 Å².